The number of non-ortho nitro benzene ring substituents is 1. The van der Waals surface area contributed by atoms with Crippen molar-refractivity contribution in [2.45, 2.75) is 0 Å². The number of allylic oxidation sites excluding steroid dienone is 1. The third-order valence-corrected chi connectivity index (χ3v) is 3.79. The Labute approximate surface area is 149 Å². The highest BCUT2D eigenvalue weighted by atomic mass is 16.6. The zero-order chi connectivity index (χ0) is 18.5. The molecule has 26 heavy (non-hydrogen) atoms. The van der Waals surface area contributed by atoms with Crippen molar-refractivity contribution in [1.82, 2.24) is 4.57 Å². The predicted molar refractivity (Wildman–Crippen MR) is 96.8 cm³/mol. The van der Waals surface area contributed by atoms with Crippen LogP contribution in [0.3, 0.4) is 0 Å². The summed E-state index contributed by atoms with van der Waals surface area (Å²) in [5.74, 6) is -0.375. The fourth-order valence-electron chi connectivity index (χ4n) is 2.54. The fourth-order valence-corrected chi connectivity index (χ4v) is 2.54. The van der Waals surface area contributed by atoms with Crippen LogP contribution in [-0.4, -0.2) is 15.3 Å². The molecule has 0 fully saturated rings. The van der Waals surface area contributed by atoms with Gasteiger partial charge in [0.25, 0.3) is 5.69 Å². The van der Waals surface area contributed by atoms with Gasteiger partial charge in [-0.25, -0.2) is 0 Å². The molecule has 0 N–H and O–H groups in total. The Kier molecular flexibility index (Phi) is 4.72. The summed E-state index contributed by atoms with van der Waals surface area (Å²) in [6.45, 7) is 0. The van der Waals surface area contributed by atoms with Crippen LogP contribution in [0.2, 0.25) is 0 Å². The number of benzene rings is 2. The standard InChI is InChI=1S/C20H13N3O3/c21-14-16(20(24)15-6-2-1-3-7-15)12-17-10-5-11-22(17)18-8-4-9-19(13-18)23(25)26/h1-13H. The largest absolute Gasteiger partial charge is 0.317 e. The predicted octanol–water partition coefficient (Wildman–Crippen LogP) is 4.18. The van der Waals surface area contributed by atoms with Gasteiger partial charge >= 0.3 is 0 Å². The van der Waals surface area contributed by atoms with Gasteiger partial charge < -0.3 is 4.57 Å². The van der Waals surface area contributed by atoms with Gasteiger partial charge in [-0.05, 0) is 24.3 Å². The summed E-state index contributed by atoms with van der Waals surface area (Å²) in [5.41, 5.74) is 1.52. The molecule has 0 aliphatic heterocycles. The van der Waals surface area contributed by atoms with E-state index in [0.29, 0.717) is 16.9 Å². The molecule has 3 rings (SSSR count). The molecule has 0 aliphatic rings. The van der Waals surface area contributed by atoms with Crippen LogP contribution in [0.15, 0.2) is 78.5 Å². The number of Topliss-reactive ketones (excluding diaryl/α,β-unsaturated/α-hetero) is 1. The van der Waals surface area contributed by atoms with E-state index in [2.05, 4.69) is 0 Å². The number of aromatic nitrogens is 1. The maximum Gasteiger partial charge on any atom is 0.271 e. The highest BCUT2D eigenvalue weighted by Crippen LogP contribution is 2.21. The highest BCUT2D eigenvalue weighted by Gasteiger charge is 2.14. The number of nitro benzene ring substituents is 1. The SMILES string of the molecule is N#CC(=Cc1cccn1-c1cccc([N+](=O)[O-])c1)C(=O)c1ccccc1. The number of carbonyl (C=O) groups excluding carboxylic acids is 1. The van der Waals surface area contributed by atoms with Crippen LogP contribution in [0, 0.1) is 21.4 Å². The zero-order valence-electron chi connectivity index (χ0n) is 13.6. The monoisotopic (exact) mass is 343 g/mol. The first-order valence-corrected chi connectivity index (χ1v) is 7.74. The van der Waals surface area contributed by atoms with E-state index in [4.69, 9.17) is 0 Å². The number of hydrogen-bond acceptors (Lipinski definition) is 4. The maximum atomic E-state index is 12.5. The average Bonchev–Trinajstić information content (AvgIpc) is 3.14. The van der Waals surface area contributed by atoms with Gasteiger partial charge in [0, 0.05) is 29.6 Å². The lowest BCUT2D eigenvalue weighted by atomic mass is 10.0. The molecule has 0 unspecified atom stereocenters. The van der Waals surface area contributed by atoms with Gasteiger partial charge in [-0.15, -0.1) is 0 Å². The van der Waals surface area contributed by atoms with Crippen molar-refractivity contribution in [2.24, 2.45) is 0 Å². The molecular formula is C20H13N3O3. The Bertz CT molecular complexity index is 1040. The molecule has 0 amide bonds. The van der Waals surface area contributed by atoms with Crippen LogP contribution in [0.25, 0.3) is 11.8 Å². The number of nitrogens with zero attached hydrogens (tertiary/aromatic N) is 3. The number of nitriles is 1. The van der Waals surface area contributed by atoms with E-state index in [1.54, 1.807) is 65.4 Å². The van der Waals surface area contributed by atoms with Gasteiger partial charge in [0.05, 0.1) is 10.6 Å². The van der Waals surface area contributed by atoms with E-state index in [1.807, 2.05) is 6.07 Å². The Morgan fingerprint density at radius 2 is 1.85 bits per heavy atom. The summed E-state index contributed by atoms with van der Waals surface area (Å²) in [6.07, 6.45) is 3.20. The Morgan fingerprint density at radius 3 is 2.54 bits per heavy atom. The van der Waals surface area contributed by atoms with E-state index in [1.165, 1.54) is 18.2 Å². The second kappa shape index (κ2) is 7.28. The quantitative estimate of drug-likeness (QED) is 0.228. The summed E-state index contributed by atoms with van der Waals surface area (Å²) in [4.78, 5) is 23.0. The summed E-state index contributed by atoms with van der Waals surface area (Å²) < 4.78 is 1.68. The van der Waals surface area contributed by atoms with E-state index in [9.17, 15) is 20.2 Å². The first-order valence-electron chi connectivity index (χ1n) is 7.74. The fraction of sp³-hybridized carbons (Fsp3) is 0. The zero-order valence-corrected chi connectivity index (χ0v) is 13.6. The molecule has 1 aromatic heterocycles. The minimum absolute atomic E-state index is 0.0124. The molecule has 6 heteroatoms. The smallest absolute Gasteiger partial charge is 0.271 e. The molecule has 0 saturated heterocycles. The van der Waals surface area contributed by atoms with Crippen LogP contribution in [0.5, 0.6) is 0 Å². The lowest BCUT2D eigenvalue weighted by molar-refractivity contribution is -0.384. The Hall–Kier alpha value is -3.98. The van der Waals surface area contributed by atoms with Gasteiger partial charge in [-0.3, -0.25) is 14.9 Å². The first kappa shape index (κ1) is 16.9. The van der Waals surface area contributed by atoms with E-state index >= 15 is 0 Å². The lowest BCUT2D eigenvalue weighted by Crippen LogP contribution is -2.03. The van der Waals surface area contributed by atoms with Crippen molar-refractivity contribution in [2.75, 3.05) is 0 Å². The number of nitro groups is 1. The minimum atomic E-state index is -0.470. The van der Waals surface area contributed by atoms with Crippen molar-refractivity contribution < 1.29 is 9.72 Å². The molecule has 0 atom stereocenters. The number of ketones is 1. The molecule has 0 aliphatic carbocycles. The normalized spacial score (nSPS) is 11.0. The Morgan fingerprint density at radius 1 is 1.08 bits per heavy atom. The molecule has 2 aromatic carbocycles. The molecule has 0 saturated carbocycles. The van der Waals surface area contributed by atoms with E-state index in [0.717, 1.165) is 0 Å². The highest BCUT2D eigenvalue weighted by molar-refractivity contribution is 6.13. The van der Waals surface area contributed by atoms with Gasteiger partial charge in [0.1, 0.15) is 11.6 Å². The topological polar surface area (TPSA) is 88.9 Å². The first-order chi connectivity index (χ1) is 12.6. The summed E-state index contributed by atoms with van der Waals surface area (Å²) in [7, 11) is 0. The van der Waals surface area contributed by atoms with Crippen molar-refractivity contribution in [3.63, 3.8) is 0 Å². The third kappa shape index (κ3) is 3.42. The molecule has 6 nitrogen and oxygen atoms in total. The molecule has 0 spiro atoms. The van der Waals surface area contributed by atoms with Crippen molar-refractivity contribution in [1.29, 1.82) is 5.26 Å². The van der Waals surface area contributed by atoms with Crippen molar-refractivity contribution in [3.05, 3.63) is 99.9 Å². The second-order valence-electron chi connectivity index (χ2n) is 5.44. The summed E-state index contributed by atoms with van der Waals surface area (Å²) in [5, 5.41) is 20.4. The van der Waals surface area contributed by atoms with Crippen molar-refractivity contribution in [3.8, 4) is 11.8 Å². The molecular weight excluding hydrogens is 330 g/mol. The van der Waals surface area contributed by atoms with Crippen LogP contribution >= 0.6 is 0 Å². The van der Waals surface area contributed by atoms with Gasteiger partial charge in [0.2, 0.25) is 5.78 Å². The van der Waals surface area contributed by atoms with E-state index in [-0.39, 0.29) is 17.0 Å². The number of rotatable bonds is 5. The van der Waals surface area contributed by atoms with Crippen molar-refractivity contribution >= 4 is 17.5 Å². The van der Waals surface area contributed by atoms with Crippen LogP contribution in [0.4, 0.5) is 5.69 Å². The van der Waals surface area contributed by atoms with Gasteiger partial charge in [-0.1, -0.05) is 36.4 Å². The number of carbonyl (C=O) groups is 1. The lowest BCUT2D eigenvalue weighted by Gasteiger charge is -2.07. The van der Waals surface area contributed by atoms with Gasteiger partial charge in [-0.2, -0.15) is 5.26 Å². The Balaban J connectivity index is 2.01. The average molecular weight is 343 g/mol. The van der Waals surface area contributed by atoms with Crippen LogP contribution in [-0.2, 0) is 0 Å². The molecule has 126 valence electrons. The molecule has 0 radical (unpaired) electrons. The van der Waals surface area contributed by atoms with Crippen LogP contribution in [0.1, 0.15) is 16.1 Å². The van der Waals surface area contributed by atoms with E-state index < -0.39 is 4.92 Å². The minimum Gasteiger partial charge on any atom is -0.317 e. The summed E-state index contributed by atoms with van der Waals surface area (Å²) >= 11 is 0. The molecule has 1 heterocycles. The maximum absolute atomic E-state index is 12.5. The molecule has 0 bridgehead atoms. The third-order valence-electron chi connectivity index (χ3n) is 3.79. The van der Waals surface area contributed by atoms with Crippen LogP contribution < -0.4 is 0 Å². The second-order valence-corrected chi connectivity index (χ2v) is 5.44. The van der Waals surface area contributed by atoms with Gasteiger partial charge in [0.15, 0.2) is 0 Å². The molecule has 3 aromatic rings. The number of hydrogen-bond donors (Lipinski definition) is 0. The summed E-state index contributed by atoms with van der Waals surface area (Å²) in [6, 6.07) is 20.1.